The van der Waals surface area contributed by atoms with E-state index in [1.165, 1.54) is 6.20 Å². The Morgan fingerprint density at radius 2 is 1.47 bits per heavy atom. The molecule has 0 saturated carbocycles. The van der Waals surface area contributed by atoms with E-state index in [2.05, 4.69) is 15.3 Å². The first-order valence-corrected chi connectivity index (χ1v) is 10.6. The molecule has 0 bridgehead atoms. The van der Waals surface area contributed by atoms with E-state index in [1.54, 1.807) is 12.1 Å². The second-order valence-corrected chi connectivity index (χ2v) is 7.89. The summed E-state index contributed by atoms with van der Waals surface area (Å²) in [5.74, 6) is 0.0448. The van der Waals surface area contributed by atoms with E-state index in [9.17, 15) is 9.59 Å². The Morgan fingerprint density at radius 1 is 0.812 bits per heavy atom. The van der Waals surface area contributed by atoms with E-state index >= 15 is 0 Å². The van der Waals surface area contributed by atoms with Crippen LogP contribution in [-0.4, -0.2) is 21.7 Å². The van der Waals surface area contributed by atoms with Crippen molar-refractivity contribution in [3.8, 4) is 11.1 Å². The van der Waals surface area contributed by atoms with Gasteiger partial charge >= 0.3 is 0 Å². The van der Waals surface area contributed by atoms with Gasteiger partial charge in [0, 0.05) is 18.2 Å². The number of nitrogens with one attached hydrogen (secondary N) is 1. The Bertz CT molecular complexity index is 1270. The quantitative estimate of drug-likeness (QED) is 0.487. The first kappa shape index (κ1) is 19.8. The molecule has 1 amide bonds. The highest BCUT2D eigenvalue weighted by atomic mass is 16.1. The van der Waals surface area contributed by atoms with Gasteiger partial charge in [-0.15, -0.1) is 0 Å². The molecule has 5 heteroatoms. The van der Waals surface area contributed by atoms with Crippen LogP contribution in [0.25, 0.3) is 11.1 Å². The molecule has 3 aromatic carbocycles. The topological polar surface area (TPSA) is 72.0 Å². The van der Waals surface area contributed by atoms with Gasteiger partial charge in [-0.2, -0.15) is 0 Å². The van der Waals surface area contributed by atoms with Crippen LogP contribution < -0.4 is 5.32 Å². The number of fused-ring (bicyclic) bond motifs is 1. The first-order valence-electron chi connectivity index (χ1n) is 10.6. The van der Waals surface area contributed by atoms with Crippen molar-refractivity contribution >= 4 is 17.6 Å². The van der Waals surface area contributed by atoms with Crippen molar-refractivity contribution < 1.29 is 9.59 Å². The number of hydrogen-bond donors (Lipinski definition) is 1. The summed E-state index contributed by atoms with van der Waals surface area (Å²) in [6.07, 6.45) is 2.61. The van der Waals surface area contributed by atoms with Crippen molar-refractivity contribution in [1.29, 1.82) is 0 Å². The standard InChI is InChI=1S/C27H21N3O2/c31-25-16-22(19-9-5-2-6-10-19)15-24-23(25)17-28-27(29-24)30-26(32)21-13-11-20(12-14-21)18-7-3-1-4-8-18/h1-14,17,22H,15-16H2,(H,28,29,30,32)/t22-/m1/s1. The van der Waals surface area contributed by atoms with E-state index in [1.807, 2.05) is 72.8 Å². The van der Waals surface area contributed by atoms with E-state index in [4.69, 9.17) is 0 Å². The van der Waals surface area contributed by atoms with Gasteiger partial charge in [0.2, 0.25) is 5.95 Å². The zero-order chi connectivity index (χ0) is 21.9. The van der Waals surface area contributed by atoms with Crippen molar-refractivity contribution in [3.63, 3.8) is 0 Å². The van der Waals surface area contributed by atoms with Gasteiger partial charge < -0.3 is 0 Å². The molecule has 0 aliphatic heterocycles. The molecule has 1 N–H and O–H groups in total. The van der Waals surface area contributed by atoms with Gasteiger partial charge in [0.1, 0.15) is 0 Å². The molecule has 4 aromatic rings. The van der Waals surface area contributed by atoms with Crippen LogP contribution in [0.15, 0.2) is 91.1 Å². The maximum absolute atomic E-state index is 12.7. The molecule has 0 spiro atoms. The largest absolute Gasteiger partial charge is 0.294 e. The molecule has 156 valence electrons. The fourth-order valence-electron chi connectivity index (χ4n) is 4.08. The third-order valence-electron chi connectivity index (χ3n) is 5.79. The summed E-state index contributed by atoms with van der Waals surface area (Å²) < 4.78 is 0. The highest BCUT2D eigenvalue weighted by Gasteiger charge is 2.28. The van der Waals surface area contributed by atoms with Crippen molar-refractivity contribution in [2.24, 2.45) is 0 Å². The Labute approximate surface area is 186 Å². The minimum absolute atomic E-state index is 0.0366. The lowest BCUT2D eigenvalue weighted by Gasteiger charge is -2.23. The molecular formula is C27H21N3O2. The van der Waals surface area contributed by atoms with Gasteiger partial charge in [-0.1, -0.05) is 72.8 Å². The number of aromatic nitrogens is 2. The second-order valence-electron chi connectivity index (χ2n) is 7.89. The second kappa shape index (κ2) is 8.55. The zero-order valence-corrected chi connectivity index (χ0v) is 17.4. The van der Waals surface area contributed by atoms with Gasteiger partial charge in [-0.3, -0.25) is 14.9 Å². The molecule has 1 aliphatic rings. The van der Waals surface area contributed by atoms with Crippen LogP contribution >= 0.6 is 0 Å². The molecule has 32 heavy (non-hydrogen) atoms. The zero-order valence-electron chi connectivity index (χ0n) is 17.4. The van der Waals surface area contributed by atoms with Crippen LogP contribution in [0, 0.1) is 0 Å². The van der Waals surface area contributed by atoms with Gasteiger partial charge in [0.25, 0.3) is 5.91 Å². The maximum atomic E-state index is 12.7. The van der Waals surface area contributed by atoms with E-state index < -0.39 is 0 Å². The van der Waals surface area contributed by atoms with Gasteiger partial charge in [-0.25, -0.2) is 9.97 Å². The Kier molecular flexibility index (Phi) is 5.30. The molecule has 0 fully saturated rings. The first-order chi connectivity index (χ1) is 15.7. The number of hydrogen-bond acceptors (Lipinski definition) is 4. The van der Waals surface area contributed by atoms with Crippen LogP contribution in [0.1, 0.15) is 44.3 Å². The molecule has 0 saturated heterocycles. The smallest absolute Gasteiger partial charge is 0.258 e. The minimum Gasteiger partial charge on any atom is -0.294 e. The molecule has 1 atom stereocenters. The SMILES string of the molecule is O=C(Nc1ncc2c(n1)C[C@@H](c1ccccc1)CC2=O)c1ccc(-c2ccccc2)cc1. The number of carbonyl (C=O) groups is 2. The Hall–Kier alpha value is -4.12. The van der Waals surface area contributed by atoms with Crippen LogP contribution in [-0.2, 0) is 6.42 Å². The number of carbonyl (C=O) groups excluding carboxylic acids is 2. The summed E-state index contributed by atoms with van der Waals surface area (Å²) in [6.45, 7) is 0. The average molecular weight is 419 g/mol. The van der Waals surface area contributed by atoms with E-state index in [0.717, 1.165) is 16.7 Å². The van der Waals surface area contributed by atoms with Crippen molar-refractivity contribution in [2.45, 2.75) is 18.8 Å². The van der Waals surface area contributed by atoms with Gasteiger partial charge in [0.05, 0.1) is 11.3 Å². The van der Waals surface area contributed by atoms with Crippen LogP contribution in [0.5, 0.6) is 0 Å². The number of nitrogens with zero attached hydrogens (tertiary/aromatic N) is 2. The van der Waals surface area contributed by atoms with Crippen LogP contribution in [0.2, 0.25) is 0 Å². The third kappa shape index (κ3) is 4.05. The van der Waals surface area contributed by atoms with Gasteiger partial charge in [-0.05, 0) is 41.2 Å². The summed E-state index contributed by atoms with van der Waals surface area (Å²) >= 11 is 0. The number of anilines is 1. The van der Waals surface area contributed by atoms with Crippen LogP contribution in [0.3, 0.4) is 0 Å². The monoisotopic (exact) mass is 419 g/mol. The lowest BCUT2D eigenvalue weighted by atomic mass is 9.82. The predicted molar refractivity (Wildman–Crippen MR) is 124 cm³/mol. The Balaban J connectivity index is 1.33. The van der Waals surface area contributed by atoms with E-state index in [0.29, 0.717) is 29.7 Å². The molecule has 5 nitrogen and oxygen atoms in total. The highest BCUT2D eigenvalue weighted by molar-refractivity contribution is 6.04. The summed E-state index contributed by atoms with van der Waals surface area (Å²) in [6, 6.07) is 27.4. The fraction of sp³-hybridized carbons (Fsp3) is 0.111. The molecular weight excluding hydrogens is 398 g/mol. The summed E-state index contributed by atoms with van der Waals surface area (Å²) in [7, 11) is 0. The number of Topliss-reactive ketones (excluding diaryl/α,β-unsaturated/α-hetero) is 1. The highest BCUT2D eigenvalue weighted by Crippen LogP contribution is 2.31. The van der Waals surface area contributed by atoms with E-state index in [-0.39, 0.29) is 23.6 Å². The van der Waals surface area contributed by atoms with Crippen molar-refractivity contribution in [3.05, 3.63) is 114 Å². The number of benzene rings is 3. The van der Waals surface area contributed by atoms with Gasteiger partial charge in [0.15, 0.2) is 5.78 Å². The maximum Gasteiger partial charge on any atom is 0.258 e. The van der Waals surface area contributed by atoms with Crippen molar-refractivity contribution in [2.75, 3.05) is 5.32 Å². The third-order valence-corrected chi connectivity index (χ3v) is 5.79. The fourth-order valence-corrected chi connectivity index (χ4v) is 4.08. The summed E-state index contributed by atoms with van der Waals surface area (Å²) in [5, 5.41) is 2.76. The number of rotatable bonds is 4. The lowest BCUT2D eigenvalue weighted by Crippen LogP contribution is -2.22. The number of amides is 1. The molecule has 5 rings (SSSR count). The lowest BCUT2D eigenvalue weighted by molar-refractivity contribution is 0.0962. The van der Waals surface area contributed by atoms with Crippen molar-refractivity contribution in [1.82, 2.24) is 9.97 Å². The molecule has 1 aromatic heterocycles. The molecule has 0 radical (unpaired) electrons. The molecule has 0 unspecified atom stereocenters. The average Bonchev–Trinajstić information content (AvgIpc) is 2.85. The van der Waals surface area contributed by atoms with Crippen LogP contribution in [0.4, 0.5) is 5.95 Å². The molecule has 1 aliphatic carbocycles. The summed E-state index contributed by atoms with van der Waals surface area (Å²) in [4.78, 5) is 34.0. The number of ketones is 1. The predicted octanol–water partition coefficient (Wildman–Crippen LogP) is 5.31. The normalized spacial score (nSPS) is 15.1. The molecule has 1 heterocycles. The minimum atomic E-state index is -0.286. The summed E-state index contributed by atoms with van der Waals surface area (Å²) in [5.41, 5.74) is 4.99. The Morgan fingerprint density at radius 3 is 2.19 bits per heavy atom.